The van der Waals surface area contributed by atoms with Gasteiger partial charge < -0.3 is 10.2 Å². The van der Waals surface area contributed by atoms with E-state index in [2.05, 4.69) is 20.2 Å². The Morgan fingerprint density at radius 3 is 2.52 bits per heavy atom. The highest BCUT2D eigenvalue weighted by molar-refractivity contribution is 5.57. The van der Waals surface area contributed by atoms with Gasteiger partial charge in [-0.25, -0.2) is 4.98 Å². The first-order valence-corrected chi connectivity index (χ1v) is 7.47. The highest BCUT2D eigenvalue weighted by atomic mass is 19.4. The molecule has 2 aromatic rings. The predicted molar refractivity (Wildman–Crippen MR) is 82.9 cm³/mol. The lowest BCUT2D eigenvalue weighted by molar-refractivity contribution is -0.137. The van der Waals surface area contributed by atoms with E-state index in [1.807, 2.05) is 13.0 Å². The fourth-order valence-corrected chi connectivity index (χ4v) is 2.62. The number of aromatic nitrogens is 2. The Hall–Kier alpha value is -2.31. The van der Waals surface area contributed by atoms with Crippen LogP contribution in [0.25, 0.3) is 0 Å². The zero-order valence-corrected chi connectivity index (χ0v) is 12.7. The number of alkyl halides is 3. The minimum Gasteiger partial charge on any atom is -0.356 e. The lowest BCUT2D eigenvalue weighted by Gasteiger charge is -2.18. The van der Waals surface area contributed by atoms with Crippen molar-refractivity contribution in [2.45, 2.75) is 25.9 Å². The molecule has 3 rings (SSSR count). The Kier molecular flexibility index (Phi) is 4.11. The molecule has 1 saturated heterocycles. The van der Waals surface area contributed by atoms with E-state index < -0.39 is 11.7 Å². The van der Waals surface area contributed by atoms with Gasteiger partial charge in [-0.15, -0.1) is 0 Å². The molecule has 0 spiro atoms. The van der Waals surface area contributed by atoms with Crippen molar-refractivity contribution in [3.05, 3.63) is 41.6 Å². The summed E-state index contributed by atoms with van der Waals surface area (Å²) in [6.45, 7) is 3.73. The summed E-state index contributed by atoms with van der Waals surface area (Å²) in [5.74, 6) is 1.12. The molecule has 122 valence electrons. The standard InChI is InChI=1S/C16H17F3N4/c1-11-9-14(23-7-2-3-8-23)22-15(20-11)21-13-6-4-5-12(10-13)16(17,18)19/h4-6,9-10H,2-3,7-8H2,1H3,(H,20,21,22). The summed E-state index contributed by atoms with van der Waals surface area (Å²) in [5, 5.41) is 2.87. The maximum Gasteiger partial charge on any atom is 0.416 e. The van der Waals surface area contributed by atoms with Crippen LogP contribution in [0.5, 0.6) is 0 Å². The van der Waals surface area contributed by atoms with Crippen molar-refractivity contribution < 1.29 is 13.2 Å². The van der Waals surface area contributed by atoms with E-state index in [0.717, 1.165) is 49.6 Å². The minimum absolute atomic E-state index is 0.311. The molecule has 23 heavy (non-hydrogen) atoms. The monoisotopic (exact) mass is 322 g/mol. The smallest absolute Gasteiger partial charge is 0.356 e. The minimum atomic E-state index is -4.37. The first kappa shape index (κ1) is 15.6. The number of halogens is 3. The number of hydrogen-bond donors (Lipinski definition) is 1. The SMILES string of the molecule is Cc1cc(N2CCCC2)nc(Nc2cccc(C(F)(F)F)c2)n1. The molecular formula is C16H17F3N4. The van der Waals surface area contributed by atoms with Crippen LogP contribution in [0.2, 0.25) is 0 Å². The molecule has 1 N–H and O–H groups in total. The van der Waals surface area contributed by atoms with Gasteiger partial charge in [0, 0.05) is 30.5 Å². The van der Waals surface area contributed by atoms with Gasteiger partial charge in [0.2, 0.25) is 5.95 Å². The Bertz CT molecular complexity index is 694. The van der Waals surface area contributed by atoms with Crippen molar-refractivity contribution in [1.29, 1.82) is 0 Å². The molecule has 7 heteroatoms. The van der Waals surface area contributed by atoms with Gasteiger partial charge in [-0.05, 0) is 38.0 Å². The molecule has 0 amide bonds. The molecule has 1 aliphatic heterocycles. The van der Waals surface area contributed by atoms with E-state index in [1.54, 1.807) is 6.07 Å². The third-order valence-electron chi connectivity index (χ3n) is 3.72. The number of nitrogens with zero attached hydrogens (tertiary/aromatic N) is 3. The molecule has 4 nitrogen and oxygen atoms in total. The average molecular weight is 322 g/mol. The van der Waals surface area contributed by atoms with Crippen molar-refractivity contribution in [3.8, 4) is 0 Å². The largest absolute Gasteiger partial charge is 0.416 e. The summed E-state index contributed by atoms with van der Waals surface area (Å²) in [5.41, 5.74) is 0.393. The summed E-state index contributed by atoms with van der Waals surface area (Å²) < 4.78 is 38.3. The number of hydrogen-bond acceptors (Lipinski definition) is 4. The summed E-state index contributed by atoms with van der Waals surface area (Å²) in [4.78, 5) is 10.8. The summed E-state index contributed by atoms with van der Waals surface area (Å²) in [7, 11) is 0. The Morgan fingerprint density at radius 1 is 1.09 bits per heavy atom. The normalized spacial score (nSPS) is 15.0. The quantitative estimate of drug-likeness (QED) is 0.922. The van der Waals surface area contributed by atoms with Crippen molar-refractivity contribution in [2.75, 3.05) is 23.3 Å². The highest BCUT2D eigenvalue weighted by Gasteiger charge is 2.30. The second-order valence-corrected chi connectivity index (χ2v) is 5.59. The molecule has 1 fully saturated rings. The molecule has 0 saturated carbocycles. The topological polar surface area (TPSA) is 41.1 Å². The van der Waals surface area contributed by atoms with E-state index in [0.29, 0.717) is 11.6 Å². The maximum absolute atomic E-state index is 12.8. The molecule has 1 aliphatic rings. The van der Waals surface area contributed by atoms with Crippen molar-refractivity contribution in [1.82, 2.24) is 9.97 Å². The van der Waals surface area contributed by atoms with Gasteiger partial charge in [-0.3, -0.25) is 0 Å². The van der Waals surface area contributed by atoms with Crippen molar-refractivity contribution in [2.24, 2.45) is 0 Å². The van der Waals surface area contributed by atoms with Crippen molar-refractivity contribution in [3.63, 3.8) is 0 Å². The van der Waals surface area contributed by atoms with Crippen LogP contribution >= 0.6 is 0 Å². The van der Waals surface area contributed by atoms with E-state index in [4.69, 9.17) is 0 Å². The molecule has 0 bridgehead atoms. The Balaban J connectivity index is 1.85. The first-order valence-electron chi connectivity index (χ1n) is 7.47. The van der Waals surface area contributed by atoms with E-state index >= 15 is 0 Å². The van der Waals surface area contributed by atoms with Gasteiger partial charge in [0.15, 0.2) is 0 Å². The lowest BCUT2D eigenvalue weighted by Crippen LogP contribution is -2.19. The first-order chi connectivity index (χ1) is 10.9. The van der Waals surface area contributed by atoms with Gasteiger partial charge >= 0.3 is 6.18 Å². The zero-order chi connectivity index (χ0) is 16.4. The number of anilines is 3. The van der Waals surface area contributed by atoms with Crippen LogP contribution in [0.1, 0.15) is 24.1 Å². The van der Waals surface area contributed by atoms with Crippen LogP contribution < -0.4 is 10.2 Å². The molecule has 0 aliphatic carbocycles. The second-order valence-electron chi connectivity index (χ2n) is 5.59. The molecule has 0 atom stereocenters. The van der Waals surface area contributed by atoms with E-state index in [1.165, 1.54) is 6.07 Å². The second kappa shape index (κ2) is 6.06. The van der Waals surface area contributed by atoms with Crippen LogP contribution in [0, 0.1) is 6.92 Å². The third-order valence-corrected chi connectivity index (χ3v) is 3.72. The lowest BCUT2D eigenvalue weighted by atomic mass is 10.2. The third kappa shape index (κ3) is 3.72. The highest BCUT2D eigenvalue weighted by Crippen LogP contribution is 2.31. The van der Waals surface area contributed by atoms with E-state index in [9.17, 15) is 13.2 Å². The van der Waals surface area contributed by atoms with Crippen LogP contribution in [0.4, 0.5) is 30.6 Å². The fraction of sp³-hybridized carbons (Fsp3) is 0.375. The summed E-state index contributed by atoms with van der Waals surface area (Å²) in [6, 6.07) is 6.92. The van der Waals surface area contributed by atoms with Gasteiger partial charge in [-0.1, -0.05) is 6.07 Å². The number of benzene rings is 1. The van der Waals surface area contributed by atoms with E-state index in [-0.39, 0.29) is 0 Å². The zero-order valence-electron chi connectivity index (χ0n) is 12.7. The fourth-order valence-electron chi connectivity index (χ4n) is 2.62. The molecule has 0 unspecified atom stereocenters. The Labute approximate surface area is 132 Å². The van der Waals surface area contributed by atoms with Gasteiger partial charge in [0.05, 0.1) is 5.56 Å². The molecule has 1 aromatic heterocycles. The Morgan fingerprint density at radius 2 is 1.83 bits per heavy atom. The van der Waals surface area contributed by atoms with Crippen LogP contribution in [0.3, 0.4) is 0 Å². The molecule has 2 heterocycles. The average Bonchev–Trinajstić information content (AvgIpc) is 3.00. The molecule has 1 aromatic carbocycles. The molecule has 0 radical (unpaired) electrons. The predicted octanol–water partition coefficient (Wildman–Crippen LogP) is 4.15. The van der Waals surface area contributed by atoms with Gasteiger partial charge in [0.1, 0.15) is 5.82 Å². The van der Waals surface area contributed by atoms with Crippen LogP contribution in [0.15, 0.2) is 30.3 Å². The van der Waals surface area contributed by atoms with Crippen molar-refractivity contribution >= 4 is 17.5 Å². The number of rotatable bonds is 3. The number of aryl methyl sites for hydroxylation is 1. The van der Waals surface area contributed by atoms with Gasteiger partial charge in [-0.2, -0.15) is 18.2 Å². The molecular weight excluding hydrogens is 305 g/mol. The van der Waals surface area contributed by atoms with Crippen LogP contribution in [-0.2, 0) is 6.18 Å². The van der Waals surface area contributed by atoms with Gasteiger partial charge in [0.25, 0.3) is 0 Å². The van der Waals surface area contributed by atoms with Crippen LogP contribution in [-0.4, -0.2) is 23.1 Å². The maximum atomic E-state index is 12.8. The summed E-state index contributed by atoms with van der Waals surface area (Å²) >= 11 is 0. The number of nitrogens with one attached hydrogen (secondary N) is 1. The summed E-state index contributed by atoms with van der Waals surface area (Å²) in [6.07, 6.45) is -2.12.